The summed E-state index contributed by atoms with van der Waals surface area (Å²) in [6.07, 6.45) is 0. The average Bonchev–Trinajstić information content (AvgIpc) is 2.59. The van der Waals surface area contributed by atoms with E-state index in [9.17, 15) is 19.7 Å². The minimum absolute atomic E-state index is 0.0741. The molecule has 25 heavy (non-hydrogen) atoms. The molecule has 0 bridgehead atoms. The molecule has 9 heteroatoms. The molecule has 1 N–H and O–H groups in total. The number of carbonyl (C=O) groups is 2. The maximum absolute atomic E-state index is 11.9. The number of rotatable bonds is 6. The van der Waals surface area contributed by atoms with Crippen molar-refractivity contribution >= 4 is 40.8 Å². The smallest absolute Gasteiger partial charge is 0.338 e. The molecular formula is C16H12Cl2N2O5. The van der Waals surface area contributed by atoms with Gasteiger partial charge in [0.1, 0.15) is 5.02 Å². The summed E-state index contributed by atoms with van der Waals surface area (Å²) < 4.78 is 4.83. The molecule has 0 spiro atoms. The van der Waals surface area contributed by atoms with Crippen LogP contribution in [0, 0.1) is 10.1 Å². The van der Waals surface area contributed by atoms with Crippen molar-refractivity contribution < 1.29 is 19.2 Å². The van der Waals surface area contributed by atoms with Crippen LogP contribution in [0.2, 0.25) is 10.0 Å². The Bertz CT molecular complexity index is 826. The molecule has 0 aromatic heterocycles. The van der Waals surface area contributed by atoms with Gasteiger partial charge in [-0.25, -0.2) is 4.79 Å². The summed E-state index contributed by atoms with van der Waals surface area (Å²) in [6.45, 7) is -0.345. The number of nitro groups is 1. The zero-order valence-corrected chi connectivity index (χ0v) is 14.2. The summed E-state index contributed by atoms with van der Waals surface area (Å²) in [7, 11) is 0. The van der Waals surface area contributed by atoms with E-state index >= 15 is 0 Å². The van der Waals surface area contributed by atoms with E-state index < -0.39 is 29.1 Å². The third-order valence-electron chi connectivity index (χ3n) is 3.15. The van der Waals surface area contributed by atoms with E-state index in [1.165, 1.54) is 12.1 Å². The van der Waals surface area contributed by atoms with Crippen LogP contribution in [0.5, 0.6) is 0 Å². The van der Waals surface area contributed by atoms with E-state index in [2.05, 4.69) is 5.32 Å². The maximum atomic E-state index is 11.9. The van der Waals surface area contributed by atoms with Crippen molar-refractivity contribution in [1.29, 1.82) is 0 Å². The minimum Gasteiger partial charge on any atom is -0.452 e. The van der Waals surface area contributed by atoms with Gasteiger partial charge >= 0.3 is 5.97 Å². The van der Waals surface area contributed by atoms with Crippen LogP contribution in [0.4, 0.5) is 5.69 Å². The van der Waals surface area contributed by atoms with E-state index in [1.54, 1.807) is 24.3 Å². The summed E-state index contributed by atoms with van der Waals surface area (Å²) in [5, 5.41) is 13.8. The molecule has 130 valence electrons. The Hall–Kier alpha value is -2.64. The average molecular weight is 383 g/mol. The molecule has 0 saturated carbocycles. The summed E-state index contributed by atoms with van der Waals surface area (Å²) in [5.41, 5.74) is 0.228. The first-order valence-electron chi connectivity index (χ1n) is 6.99. The van der Waals surface area contributed by atoms with E-state index in [0.717, 1.165) is 11.6 Å². The summed E-state index contributed by atoms with van der Waals surface area (Å²) in [6, 6.07) is 10.5. The molecule has 0 unspecified atom stereocenters. The molecule has 2 aromatic rings. The standard InChI is InChI=1S/C16H12Cl2N2O5/c17-12-4-2-1-3-11(12)8-19-15(21)9-25-16(22)10-5-6-13(18)14(7-10)20(23)24/h1-7H,8-9H2,(H,19,21). The number of carbonyl (C=O) groups excluding carboxylic acids is 2. The molecule has 0 aliphatic carbocycles. The van der Waals surface area contributed by atoms with Gasteiger partial charge in [-0.3, -0.25) is 14.9 Å². The fourth-order valence-electron chi connectivity index (χ4n) is 1.88. The highest BCUT2D eigenvalue weighted by Gasteiger charge is 2.18. The third kappa shape index (κ3) is 5.17. The van der Waals surface area contributed by atoms with Crippen LogP contribution in [0.15, 0.2) is 42.5 Å². The first kappa shape index (κ1) is 18.7. The van der Waals surface area contributed by atoms with Gasteiger partial charge in [0.2, 0.25) is 0 Å². The number of halogens is 2. The molecule has 0 saturated heterocycles. The van der Waals surface area contributed by atoms with Gasteiger partial charge in [0.25, 0.3) is 11.6 Å². The fraction of sp³-hybridized carbons (Fsp3) is 0.125. The molecule has 0 radical (unpaired) electrons. The number of hydrogen-bond donors (Lipinski definition) is 1. The van der Waals surface area contributed by atoms with E-state index in [-0.39, 0.29) is 17.1 Å². The Balaban J connectivity index is 1.89. The van der Waals surface area contributed by atoms with Crippen LogP contribution < -0.4 is 5.32 Å². The van der Waals surface area contributed by atoms with Crippen molar-refractivity contribution in [2.75, 3.05) is 6.61 Å². The second-order valence-corrected chi connectivity index (χ2v) is 5.68. The van der Waals surface area contributed by atoms with E-state index in [4.69, 9.17) is 27.9 Å². The van der Waals surface area contributed by atoms with Gasteiger partial charge in [-0.15, -0.1) is 0 Å². The maximum Gasteiger partial charge on any atom is 0.338 e. The van der Waals surface area contributed by atoms with Gasteiger partial charge in [0, 0.05) is 17.6 Å². The Kier molecular flexibility index (Phi) is 6.32. The number of hydrogen-bond acceptors (Lipinski definition) is 5. The third-order valence-corrected chi connectivity index (χ3v) is 3.84. The van der Waals surface area contributed by atoms with Crippen LogP contribution in [-0.4, -0.2) is 23.4 Å². The highest BCUT2D eigenvalue weighted by atomic mass is 35.5. The van der Waals surface area contributed by atoms with Crippen molar-refractivity contribution in [3.63, 3.8) is 0 Å². The van der Waals surface area contributed by atoms with Crippen molar-refractivity contribution in [3.8, 4) is 0 Å². The van der Waals surface area contributed by atoms with E-state index in [0.29, 0.717) is 5.02 Å². The fourth-order valence-corrected chi connectivity index (χ4v) is 2.27. The zero-order chi connectivity index (χ0) is 18.4. The second-order valence-electron chi connectivity index (χ2n) is 4.87. The molecule has 0 atom stereocenters. The van der Waals surface area contributed by atoms with Crippen LogP contribution in [0.1, 0.15) is 15.9 Å². The first-order chi connectivity index (χ1) is 11.9. The normalized spacial score (nSPS) is 10.2. The van der Waals surface area contributed by atoms with Gasteiger partial charge in [-0.1, -0.05) is 41.4 Å². The summed E-state index contributed by atoms with van der Waals surface area (Å²) >= 11 is 11.6. The number of benzene rings is 2. The molecule has 0 heterocycles. The number of ether oxygens (including phenoxy) is 1. The minimum atomic E-state index is -0.868. The molecule has 0 fully saturated rings. The van der Waals surface area contributed by atoms with Crippen LogP contribution in [0.25, 0.3) is 0 Å². The molecule has 2 rings (SSSR count). The molecule has 0 aliphatic rings. The van der Waals surface area contributed by atoms with E-state index in [1.807, 2.05) is 0 Å². The van der Waals surface area contributed by atoms with Gasteiger partial charge < -0.3 is 10.1 Å². The van der Waals surface area contributed by atoms with Gasteiger partial charge in [-0.05, 0) is 23.8 Å². The monoisotopic (exact) mass is 382 g/mol. The van der Waals surface area contributed by atoms with Gasteiger partial charge in [0.05, 0.1) is 10.5 Å². The van der Waals surface area contributed by atoms with Crippen LogP contribution in [-0.2, 0) is 16.1 Å². The Labute approximate surface area is 152 Å². The number of nitrogens with one attached hydrogen (secondary N) is 1. The predicted molar refractivity (Wildman–Crippen MR) is 91.7 cm³/mol. The molecular weight excluding hydrogens is 371 g/mol. The second kappa shape index (κ2) is 8.46. The van der Waals surface area contributed by atoms with Crippen molar-refractivity contribution in [1.82, 2.24) is 5.32 Å². The molecule has 7 nitrogen and oxygen atoms in total. The van der Waals surface area contributed by atoms with Crippen molar-refractivity contribution in [2.24, 2.45) is 0 Å². The Morgan fingerprint density at radius 2 is 1.84 bits per heavy atom. The van der Waals surface area contributed by atoms with Crippen LogP contribution in [0.3, 0.4) is 0 Å². The topological polar surface area (TPSA) is 98.5 Å². The Morgan fingerprint density at radius 1 is 1.12 bits per heavy atom. The lowest BCUT2D eigenvalue weighted by Crippen LogP contribution is -2.28. The van der Waals surface area contributed by atoms with Gasteiger partial charge in [-0.2, -0.15) is 0 Å². The summed E-state index contributed by atoms with van der Waals surface area (Å²) in [4.78, 5) is 33.7. The lowest BCUT2D eigenvalue weighted by atomic mass is 10.2. The van der Waals surface area contributed by atoms with Crippen molar-refractivity contribution in [3.05, 3.63) is 73.8 Å². The van der Waals surface area contributed by atoms with Crippen molar-refractivity contribution in [2.45, 2.75) is 6.54 Å². The number of esters is 1. The van der Waals surface area contributed by atoms with Gasteiger partial charge in [0.15, 0.2) is 6.61 Å². The zero-order valence-electron chi connectivity index (χ0n) is 12.7. The molecule has 0 aliphatic heterocycles. The van der Waals surface area contributed by atoms with Crippen LogP contribution >= 0.6 is 23.2 Å². The Morgan fingerprint density at radius 3 is 2.52 bits per heavy atom. The first-order valence-corrected chi connectivity index (χ1v) is 7.75. The predicted octanol–water partition coefficient (Wildman–Crippen LogP) is 3.37. The molecule has 1 amide bonds. The lowest BCUT2D eigenvalue weighted by molar-refractivity contribution is -0.384. The number of nitrogens with zero attached hydrogens (tertiary/aromatic N) is 1. The SMILES string of the molecule is O=C(COC(=O)c1ccc(Cl)c([N+](=O)[O-])c1)NCc1ccccc1Cl. The quantitative estimate of drug-likeness (QED) is 0.469. The number of nitro benzene ring substituents is 1. The highest BCUT2D eigenvalue weighted by Crippen LogP contribution is 2.25. The summed E-state index contributed by atoms with van der Waals surface area (Å²) in [5.74, 6) is -1.40. The number of amides is 1. The highest BCUT2D eigenvalue weighted by molar-refractivity contribution is 6.32. The lowest BCUT2D eigenvalue weighted by Gasteiger charge is -2.08. The molecule has 2 aromatic carbocycles. The largest absolute Gasteiger partial charge is 0.452 e.